The number of alkyl halides is 3. The molecule has 0 heterocycles. The molecule has 2 N–H and O–H groups in total. The van der Waals surface area contributed by atoms with E-state index in [2.05, 4.69) is 10.4 Å². The molecule has 0 aromatic heterocycles. The highest BCUT2D eigenvalue weighted by atomic mass is 35.5. The lowest BCUT2D eigenvalue weighted by Gasteiger charge is -2.09. The van der Waals surface area contributed by atoms with Crippen molar-refractivity contribution in [2.24, 2.45) is 5.10 Å². The molecular weight excluding hydrogens is 359 g/mol. The van der Waals surface area contributed by atoms with E-state index in [1.807, 2.05) is 5.43 Å². The van der Waals surface area contributed by atoms with E-state index < -0.39 is 23.6 Å². The minimum absolute atomic E-state index is 0.159. The van der Waals surface area contributed by atoms with Gasteiger partial charge in [-0.05, 0) is 35.9 Å². The Morgan fingerprint density at radius 2 is 1.76 bits per heavy atom. The van der Waals surface area contributed by atoms with Crippen molar-refractivity contribution in [1.29, 1.82) is 0 Å². The van der Waals surface area contributed by atoms with Crippen LogP contribution in [0.4, 0.5) is 18.9 Å². The van der Waals surface area contributed by atoms with Crippen LogP contribution in [0.15, 0.2) is 53.6 Å². The maximum absolute atomic E-state index is 12.6. The highest BCUT2D eigenvalue weighted by Gasteiger charge is 2.30. The minimum atomic E-state index is -4.55. The summed E-state index contributed by atoms with van der Waals surface area (Å²) in [5.41, 5.74) is 1.46. The van der Waals surface area contributed by atoms with Gasteiger partial charge < -0.3 is 5.32 Å². The van der Waals surface area contributed by atoms with Crippen LogP contribution in [0.3, 0.4) is 0 Å². The van der Waals surface area contributed by atoms with Gasteiger partial charge in [-0.3, -0.25) is 9.59 Å². The summed E-state index contributed by atoms with van der Waals surface area (Å²) >= 11 is 5.78. The van der Waals surface area contributed by atoms with E-state index in [4.69, 9.17) is 11.6 Å². The fraction of sp³-hybridized carbons (Fsp3) is 0.0625. The molecule has 130 valence electrons. The Kier molecular flexibility index (Phi) is 5.76. The van der Waals surface area contributed by atoms with Gasteiger partial charge in [-0.2, -0.15) is 18.3 Å². The van der Waals surface area contributed by atoms with Crippen LogP contribution in [0.25, 0.3) is 0 Å². The fourth-order valence-electron chi connectivity index (χ4n) is 1.76. The van der Waals surface area contributed by atoms with Gasteiger partial charge in [-0.25, -0.2) is 5.43 Å². The molecule has 5 nitrogen and oxygen atoms in total. The number of halogens is 4. The summed E-state index contributed by atoms with van der Waals surface area (Å²) in [5.74, 6) is -2.28. The summed E-state index contributed by atoms with van der Waals surface area (Å²) in [7, 11) is 0. The second kappa shape index (κ2) is 7.80. The van der Waals surface area contributed by atoms with E-state index >= 15 is 0 Å². The average Bonchev–Trinajstić information content (AvgIpc) is 2.54. The molecule has 0 aliphatic rings. The third kappa shape index (κ3) is 5.61. The van der Waals surface area contributed by atoms with Crippen molar-refractivity contribution in [3.63, 3.8) is 0 Å². The summed E-state index contributed by atoms with van der Waals surface area (Å²) < 4.78 is 37.8. The summed E-state index contributed by atoms with van der Waals surface area (Å²) in [4.78, 5) is 23.3. The predicted molar refractivity (Wildman–Crippen MR) is 87.3 cm³/mol. The Morgan fingerprint density at radius 3 is 2.44 bits per heavy atom. The highest BCUT2D eigenvalue weighted by Crippen LogP contribution is 2.30. The zero-order chi connectivity index (χ0) is 18.4. The van der Waals surface area contributed by atoms with Gasteiger partial charge in [0.05, 0.1) is 11.8 Å². The van der Waals surface area contributed by atoms with Crippen LogP contribution < -0.4 is 10.7 Å². The number of anilines is 1. The van der Waals surface area contributed by atoms with Gasteiger partial charge in [0.1, 0.15) is 0 Å². The molecule has 0 fully saturated rings. The summed E-state index contributed by atoms with van der Waals surface area (Å²) in [6.45, 7) is 0. The van der Waals surface area contributed by atoms with Crippen LogP contribution in [0.1, 0.15) is 11.1 Å². The summed E-state index contributed by atoms with van der Waals surface area (Å²) in [5, 5.41) is 6.11. The molecule has 0 radical (unpaired) electrons. The van der Waals surface area contributed by atoms with Crippen molar-refractivity contribution in [3.05, 3.63) is 64.7 Å². The molecule has 2 aromatic rings. The topological polar surface area (TPSA) is 70.6 Å². The van der Waals surface area contributed by atoms with Gasteiger partial charge in [-0.1, -0.05) is 29.8 Å². The van der Waals surface area contributed by atoms with Crippen LogP contribution in [0.2, 0.25) is 5.02 Å². The van der Waals surface area contributed by atoms with Crippen LogP contribution >= 0.6 is 11.6 Å². The first-order valence-electron chi connectivity index (χ1n) is 6.83. The van der Waals surface area contributed by atoms with Gasteiger partial charge >= 0.3 is 18.0 Å². The van der Waals surface area contributed by atoms with Crippen molar-refractivity contribution in [1.82, 2.24) is 5.43 Å². The van der Waals surface area contributed by atoms with Crippen LogP contribution in [0.5, 0.6) is 0 Å². The minimum Gasteiger partial charge on any atom is -0.318 e. The molecule has 9 heteroatoms. The number of hydrogen-bond acceptors (Lipinski definition) is 3. The molecule has 2 rings (SSSR count). The maximum atomic E-state index is 12.6. The third-order valence-electron chi connectivity index (χ3n) is 2.88. The zero-order valence-corrected chi connectivity index (χ0v) is 13.2. The molecule has 0 bridgehead atoms. The van der Waals surface area contributed by atoms with E-state index in [9.17, 15) is 22.8 Å². The van der Waals surface area contributed by atoms with Crippen molar-refractivity contribution >= 4 is 35.3 Å². The average molecular weight is 370 g/mol. The predicted octanol–water partition coefficient (Wildman–Crippen LogP) is 3.45. The van der Waals surface area contributed by atoms with Crippen molar-refractivity contribution < 1.29 is 22.8 Å². The van der Waals surface area contributed by atoms with Crippen LogP contribution in [-0.2, 0) is 15.8 Å². The Bertz CT molecular complexity index is 822. The fourth-order valence-corrected chi connectivity index (χ4v) is 1.96. The molecule has 0 spiro atoms. The number of nitrogens with one attached hydrogen (secondary N) is 2. The van der Waals surface area contributed by atoms with Crippen LogP contribution in [-0.4, -0.2) is 18.0 Å². The summed E-state index contributed by atoms with van der Waals surface area (Å²) in [6.07, 6.45) is -3.29. The second-order valence-corrected chi connectivity index (χ2v) is 5.22. The molecule has 0 atom stereocenters. The molecule has 2 aromatic carbocycles. The lowest BCUT2D eigenvalue weighted by atomic mass is 10.2. The normalized spacial score (nSPS) is 11.4. The largest absolute Gasteiger partial charge is 0.416 e. The number of carbonyl (C=O) groups is 2. The lowest BCUT2D eigenvalue weighted by Crippen LogP contribution is -2.32. The van der Waals surface area contributed by atoms with E-state index in [0.717, 1.165) is 18.2 Å². The maximum Gasteiger partial charge on any atom is 0.416 e. The lowest BCUT2D eigenvalue weighted by molar-refractivity contribution is -0.137. The first kappa shape index (κ1) is 18.5. The smallest absolute Gasteiger partial charge is 0.318 e. The first-order chi connectivity index (χ1) is 11.8. The number of carbonyl (C=O) groups excluding carboxylic acids is 2. The zero-order valence-electron chi connectivity index (χ0n) is 12.5. The van der Waals surface area contributed by atoms with Crippen molar-refractivity contribution in [2.45, 2.75) is 6.18 Å². The number of rotatable bonds is 3. The van der Waals surface area contributed by atoms with Crippen molar-refractivity contribution in [2.75, 3.05) is 5.32 Å². The molecule has 0 saturated heterocycles. The molecule has 2 amide bonds. The standard InChI is InChI=1S/C16H11ClF3N3O2/c17-12-5-1-3-10(7-12)9-21-23-15(25)14(24)22-13-6-2-4-11(8-13)16(18,19)20/h1-9H,(H,22,24)(H,23,25)/b21-9-. The van der Waals surface area contributed by atoms with Gasteiger partial charge in [-0.15, -0.1) is 0 Å². The summed E-state index contributed by atoms with van der Waals surface area (Å²) in [6, 6.07) is 10.5. The van der Waals surface area contributed by atoms with Crippen molar-refractivity contribution in [3.8, 4) is 0 Å². The Balaban J connectivity index is 1.95. The van der Waals surface area contributed by atoms with E-state index in [0.29, 0.717) is 10.6 Å². The highest BCUT2D eigenvalue weighted by molar-refractivity contribution is 6.39. The number of amides is 2. The number of hydrogen-bond donors (Lipinski definition) is 2. The Hall–Kier alpha value is -2.87. The van der Waals surface area contributed by atoms with Gasteiger partial charge in [0.2, 0.25) is 0 Å². The van der Waals surface area contributed by atoms with Gasteiger partial charge in [0, 0.05) is 10.7 Å². The molecular formula is C16H11ClF3N3O2. The van der Waals surface area contributed by atoms with Crippen LogP contribution in [0, 0.1) is 0 Å². The monoisotopic (exact) mass is 369 g/mol. The third-order valence-corrected chi connectivity index (χ3v) is 3.12. The first-order valence-corrected chi connectivity index (χ1v) is 7.21. The Morgan fingerprint density at radius 1 is 1.04 bits per heavy atom. The van der Waals surface area contributed by atoms with E-state index in [-0.39, 0.29) is 5.69 Å². The number of hydrazone groups is 1. The number of benzene rings is 2. The van der Waals surface area contributed by atoms with Gasteiger partial charge in [0.25, 0.3) is 0 Å². The number of nitrogens with zero attached hydrogens (tertiary/aromatic N) is 1. The molecule has 0 aliphatic heterocycles. The van der Waals surface area contributed by atoms with Gasteiger partial charge in [0.15, 0.2) is 0 Å². The second-order valence-electron chi connectivity index (χ2n) is 4.79. The molecule has 25 heavy (non-hydrogen) atoms. The molecule has 0 aliphatic carbocycles. The van der Waals surface area contributed by atoms with E-state index in [1.54, 1.807) is 24.3 Å². The quantitative estimate of drug-likeness (QED) is 0.494. The SMILES string of the molecule is O=C(N/N=C\c1cccc(Cl)c1)C(=O)Nc1cccc(C(F)(F)F)c1. The molecule has 0 saturated carbocycles. The Labute approximate surface area is 145 Å². The molecule has 0 unspecified atom stereocenters. The van der Waals surface area contributed by atoms with E-state index in [1.165, 1.54) is 12.3 Å².